The second-order valence-corrected chi connectivity index (χ2v) is 8.51. The van der Waals surface area contributed by atoms with Gasteiger partial charge >= 0.3 is 0 Å². The summed E-state index contributed by atoms with van der Waals surface area (Å²) in [5.74, 6) is -0.533. The van der Waals surface area contributed by atoms with Crippen molar-refractivity contribution in [1.82, 2.24) is 9.62 Å². The van der Waals surface area contributed by atoms with Crippen molar-refractivity contribution in [3.8, 4) is 0 Å². The summed E-state index contributed by atoms with van der Waals surface area (Å²) in [5.41, 5.74) is 1.37. The van der Waals surface area contributed by atoms with Gasteiger partial charge in [0.05, 0.1) is 15.8 Å². The van der Waals surface area contributed by atoms with E-state index in [1.54, 1.807) is 24.3 Å². The van der Waals surface area contributed by atoms with E-state index in [-0.39, 0.29) is 24.2 Å². The highest BCUT2D eigenvalue weighted by Crippen LogP contribution is 2.23. The van der Waals surface area contributed by atoms with Crippen molar-refractivity contribution >= 4 is 33.2 Å². The third kappa shape index (κ3) is 5.94. The molecule has 2 aromatic rings. The minimum atomic E-state index is -3.56. The highest BCUT2D eigenvalue weighted by atomic mass is 35.5. The molecule has 0 aliphatic rings. The maximum Gasteiger partial charge on any atom is 0.215 e. The van der Waals surface area contributed by atoms with E-state index in [0.717, 1.165) is 5.56 Å². The number of hydrogen-bond donors (Lipinski definition) is 1. The Morgan fingerprint density at radius 2 is 1.72 bits per heavy atom. The Morgan fingerprint density at radius 3 is 2.28 bits per heavy atom. The van der Waals surface area contributed by atoms with Crippen molar-refractivity contribution < 1.29 is 12.8 Å². The Kier molecular flexibility index (Phi) is 6.82. The van der Waals surface area contributed by atoms with Gasteiger partial charge in [0.1, 0.15) is 5.82 Å². The molecule has 25 heavy (non-hydrogen) atoms. The molecule has 0 bridgehead atoms. The van der Waals surface area contributed by atoms with Crippen molar-refractivity contribution in [3.63, 3.8) is 0 Å². The molecule has 0 spiro atoms. The molecule has 0 saturated carbocycles. The Labute approximate surface area is 157 Å². The van der Waals surface area contributed by atoms with Crippen molar-refractivity contribution in [2.75, 3.05) is 20.6 Å². The van der Waals surface area contributed by atoms with Crippen LogP contribution < -0.4 is 4.72 Å². The number of sulfonamides is 1. The lowest BCUT2D eigenvalue weighted by Gasteiger charge is -2.25. The van der Waals surface area contributed by atoms with Crippen LogP contribution in [0.15, 0.2) is 42.5 Å². The Morgan fingerprint density at radius 1 is 1.08 bits per heavy atom. The maximum absolute atomic E-state index is 13.1. The highest BCUT2D eigenvalue weighted by molar-refractivity contribution is 7.88. The summed E-state index contributed by atoms with van der Waals surface area (Å²) in [5, 5.41) is 0.687. The fraction of sp³-hybridized carbons (Fsp3) is 0.294. The molecular weight excluding hydrogens is 386 g/mol. The maximum atomic E-state index is 13.1. The molecule has 0 amide bonds. The van der Waals surface area contributed by atoms with Crippen molar-refractivity contribution in [3.05, 3.63) is 69.5 Å². The fourth-order valence-corrected chi connectivity index (χ4v) is 3.84. The summed E-state index contributed by atoms with van der Waals surface area (Å²) in [4.78, 5) is 1.87. The van der Waals surface area contributed by atoms with Gasteiger partial charge in [-0.15, -0.1) is 0 Å². The van der Waals surface area contributed by atoms with Crippen LogP contribution in [0.5, 0.6) is 0 Å². The molecular formula is C17H19Cl2FN2O2S. The van der Waals surface area contributed by atoms with Crippen LogP contribution in [0, 0.1) is 5.82 Å². The lowest BCUT2D eigenvalue weighted by molar-refractivity contribution is 0.299. The van der Waals surface area contributed by atoms with Gasteiger partial charge in [-0.25, -0.2) is 17.5 Å². The predicted molar refractivity (Wildman–Crippen MR) is 99.9 cm³/mol. The average molecular weight is 405 g/mol. The van der Waals surface area contributed by atoms with Crippen LogP contribution in [0.1, 0.15) is 17.2 Å². The Balaban J connectivity index is 2.07. The number of benzene rings is 2. The molecule has 0 heterocycles. The summed E-state index contributed by atoms with van der Waals surface area (Å²) in [7, 11) is 0.108. The second-order valence-electron chi connectivity index (χ2n) is 5.89. The van der Waals surface area contributed by atoms with E-state index in [9.17, 15) is 12.8 Å². The molecule has 8 heteroatoms. The first kappa shape index (κ1) is 20.1. The van der Waals surface area contributed by atoms with Crippen LogP contribution in [0.2, 0.25) is 10.0 Å². The van der Waals surface area contributed by atoms with Gasteiger partial charge in [0.15, 0.2) is 0 Å². The van der Waals surface area contributed by atoms with Crippen LogP contribution in [-0.4, -0.2) is 34.0 Å². The lowest BCUT2D eigenvalue weighted by Crippen LogP contribution is -2.35. The van der Waals surface area contributed by atoms with Crippen molar-refractivity contribution in [1.29, 1.82) is 0 Å². The molecule has 1 unspecified atom stereocenters. The minimum Gasteiger partial charge on any atom is -0.301 e. The smallest absolute Gasteiger partial charge is 0.215 e. The van der Waals surface area contributed by atoms with Crippen LogP contribution in [-0.2, 0) is 15.8 Å². The molecule has 1 atom stereocenters. The second kappa shape index (κ2) is 8.47. The van der Waals surface area contributed by atoms with Crippen molar-refractivity contribution in [2.45, 2.75) is 11.8 Å². The number of nitrogens with zero attached hydrogens (tertiary/aromatic N) is 1. The average Bonchev–Trinajstić information content (AvgIpc) is 2.52. The molecule has 0 fully saturated rings. The van der Waals surface area contributed by atoms with Crippen LogP contribution in [0.3, 0.4) is 0 Å². The van der Waals surface area contributed by atoms with E-state index in [1.807, 2.05) is 19.0 Å². The largest absolute Gasteiger partial charge is 0.301 e. The van der Waals surface area contributed by atoms with Gasteiger partial charge < -0.3 is 4.90 Å². The predicted octanol–water partition coefficient (Wildman–Crippen LogP) is 3.85. The summed E-state index contributed by atoms with van der Waals surface area (Å²) in [6.07, 6.45) is 0. The third-order valence-electron chi connectivity index (χ3n) is 3.72. The molecule has 0 saturated heterocycles. The van der Waals surface area contributed by atoms with E-state index in [1.165, 1.54) is 18.2 Å². The Bertz CT molecular complexity index is 827. The molecule has 4 nitrogen and oxygen atoms in total. The molecule has 136 valence electrons. The van der Waals surface area contributed by atoms with Crippen LogP contribution in [0.25, 0.3) is 0 Å². The molecule has 0 radical (unpaired) electrons. The van der Waals surface area contributed by atoms with Crippen LogP contribution in [0.4, 0.5) is 4.39 Å². The first-order valence-corrected chi connectivity index (χ1v) is 9.92. The lowest BCUT2D eigenvalue weighted by atomic mass is 10.1. The van der Waals surface area contributed by atoms with Gasteiger partial charge in [-0.3, -0.25) is 0 Å². The topological polar surface area (TPSA) is 49.4 Å². The van der Waals surface area contributed by atoms with Crippen molar-refractivity contribution in [2.24, 2.45) is 0 Å². The van der Waals surface area contributed by atoms with Gasteiger partial charge in [-0.1, -0.05) is 41.4 Å². The van der Waals surface area contributed by atoms with Gasteiger partial charge in [-0.05, 0) is 49.5 Å². The van der Waals surface area contributed by atoms with Crippen LogP contribution >= 0.6 is 23.2 Å². The quantitative estimate of drug-likeness (QED) is 0.761. The van der Waals surface area contributed by atoms with E-state index < -0.39 is 10.0 Å². The summed E-state index contributed by atoms with van der Waals surface area (Å²) in [6.45, 7) is 0.169. The third-order valence-corrected chi connectivity index (χ3v) is 5.77. The zero-order valence-corrected chi connectivity index (χ0v) is 16.2. The van der Waals surface area contributed by atoms with Gasteiger partial charge in [0, 0.05) is 12.6 Å². The minimum absolute atomic E-state index is 0.169. The first-order chi connectivity index (χ1) is 11.7. The summed E-state index contributed by atoms with van der Waals surface area (Å²) in [6, 6.07) is 10.5. The number of rotatable bonds is 7. The summed E-state index contributed by atoms with van der Waals surface area (Å²) < 4.78 is 40.4. The van der Waals surface area contributed by atoms with E-state index >= 15 is 0 Å². The fourth-order valence-electron chi connectivity index (χ4n) is 2.39. The van der Waals surface area contributed by atoms with E-state index in [4.69, 9.17) is 23.2 Å². The standard InChI is InChI=1S/C17H19Cl2FN2O2S/c1-22(2)17(13-4-6-14(20)7-5-13)10-21-25(23,24)11-12-3-8-15(18)16(19)9-12/h3-9,17,21H,10-11H2,1-2H3. The molecule has 0 aromatic heterocycles. The highest BCUT2D eigenvalue weighted by Gasteiger charge is 2.19. The zero-order valence-electron chi connectivity index (χ0n) is 13.8. The number of likely N-dealkylation sites (N-methyl/N-ethyl adjacent to an activating group) is 1. The normalized spacial score (nSPS) is 13.2. The van der Waals surface area contributed by atoms with Gasteiger partial charge in [0.25, 0.3) is 0 Å². The van der Waals surface area contributed by atoms with E-state index in [2.05, 4.69) is 4.72 Å². The number of nitrogens with one attached hydrogen (secondary N) is 1. The molecule has 0 aliphatic carbocycles. The van der Waals surface area contributed by atoms with Gasteiger partial charge in [-0.2, -0.15) is 0 Å². The molecule has 2 aromatic carbocycles. The van der Waals surface area contributed by atoms with E-state index in [0.29, 0.717) is 15.6 Å². The summed E-state index contributed by atoms with van der Waals surface area (Å²) >= 11 is 11.8. The van der Waals surface area contributed by atoms with Gasteiger partial charge in [0.2, 0.25) is 10.0 Å². The number of hydrogen-bond acceptors (Lipinski definition) is 3. The molecule has 1 N–H and O–H groups in total. The zero-order chi connectivity index (χ0) is 18.6. The first-order valence-electron chi connectivity index (χ1n) is 7.51. The molecule has 0 aliphatic heterocycles. The molecule has 2 rings (SSSR count). The number of halogens is 3. The monoisotopic (exact) mass is 404 g/mol. The SMILES string of the molecule is CN(C)C(CNS(=O)(=O)Cc1ccc(Cl)c(Cl)c1)c1ccc(F)cc1. The Hall–Kier alpha value is -1.18.